The van der Waals surface area contributed by atoms with Gasteiger partial charge in [-0.25, -0.2) is 4.98 Å². The van der Waals surface area contributed by atoms with Gasteiger partial charge in [0.15, 0.2) is 0 Å². The van der Waals surface area contributed by atoms with Crippen LogP contribution in [-0.4, -0.2) is 20.6 Å². The third-order valence-electron chi connectivity index (χ3n) is 6.19. The zero-order valence-corrected chi connectivity index (χ0v) is 25.6. The quantitative estimate of drug-likeness (QED) is 0.191. The summed E-state index contributed by atoms with van der Waals surface area (Å²) >= 11 is 24.5. The Morgan fingerprint density at radius 1 is 0.925 bits per heavy atom. The Morgan fingerprint density at radius 3 is 2.12 bits per heavy atom. The van der Waals surface area contributed by atoms with Crippen LogP contribution in [0, 0.1) is 5.92 Å². The van der Waals surface area contributed by atoms with Crippen LogP contribution in [0.1, 0.15) is 55.0 Å². The molecule has 0 aliphatic carbocycles. The van der Waals surface area contributed by atoms with Crippen molar-refractivity contribution >= 4 is 52.4 Å². The van der Waals surface area contributed by atoms with E-state index in [1.54, 1.807) is 43.7 Å². The summed E-state index contributed by atoms with van der Waals surface area (Å²) in [5.74, 6) is -0.558. The Balaban J connectivity index is 0.000000252. The summed E-state index contributed by atoms with van der Waals surface area (Å²) in [7, 11) is 0. The van der Waals surface area contributed by atoms with E-state index in [-0.39, 0.29) is 6.10 Å². The van der Waals surface area contributed by atoms with E-state index >= 15 is 0 Å². The van der Waals surface area contributed by atoms with Crippen molar-refractivity contribution in [3.63, 3.8) is 0 Å². The molecule has 0 aliphatic rings. The molecule has 1 aromatic heterocycles. The lowest BCUT2D eigenvalue weighted by molar-refractivity contribution is -0.138. The molecule has 0 bridgehead atoms. The van der Waals surface area contributed by atoms with Crippen LogP contribution in [0.3, 0.4) is 0 Å². The molecule has 0 aliphatic heterocycles. The van der Waals surface area contributed by atoms with Crippen LogP contribution in [0.15, 0.2) is 79.4 Å². The number of rotatable bonds is 10. The maximum absolute atomic E-state index is 10.8. The molecule has 0 radical (unpaired) electrons. The second kappa shape index (κ2) is 15.5. The number of aliphatic carboxylic acids is 1. The number of aromatic nitrogens is 2. The number of halogens is 4. The minimum atomic E-state index is -0.772. The van der Waals surface area contributed by atoms with Crippen LogP contribution in [0.5, 0.6) is 0 Å². The van der Waals surface area contributed by atoms with Crippen LogP contribution in [0.25, 0.3) is 0 Å². The highest BCUT2D eigenvalue weighted by Crippen LogP contribution is 2.31. The SMILES string of the molecule is CC(C)Cc1ccc(C(C)C(=O)O)cc1.Clc1ccc(COC(Cn2ccnc2)c2ccc(Cl)cc2Cl)c(Cl)c1. The second-order valence-electron chi connectivity index (χ2n) is 9.86. The van der Waals surface area contributed by atoms with Gasteiger partial charge in [-0.05, 0) is 60.2 Å². The fraction of sp³-hybridized carbons (Fsp3) is 0.290. The lowest BCUT2D eigenvalue weighted by Crippen LogP contribution is -2.12. The zero-order valence-electron chi connectivity index (χ0n) is 22.5. The molecule has 4 aromatic rings. The van der Waals surface area contributed by atoms with Crippen molar-refractivity contribution in [3.8, 4) is 0 Å². The molecule has 3 aromatic carbocycles. The third kappa shape index (κ3) is 9.83. The predicted octanol–water partition coefficient (Wildman–Crippen LogP) is 9.53. The summed E-state index contributed by atoms with van der Waals surface area (Å²) in [5.41, 5.74) is 3.85. The van der Waals surface area contributed by atoms with Gasteiger partial charge in [-0.3, -0.25) is 4.79 Å². The van der Waals surface area contributed by atoms with E-state index in [0.717, 1.165) is 23.1 Å². The first-order valence-corrected chi connectivity index (χ1v) is 14.3. The molecule has 0 saturated heterocycles. The normalized spacial score (nSPS) is 12.5. The van der Waals surface area contributed by atoms with Crippen molar-refractivity contribution in [2.24, 2.45) is 5.92 Å². The second-order valence-corrected chi connectivity index (χ2v) is 11.5. The van der Waals surface area contributed by atoms with Crippen molar-refractivity contribution in [1.29, 1.82) is 0 Å². The number of nitrogens with zero attached hydrogens (tertiary/aromatic N) is 2. The monoisotopic (exact) mass is 620 g/mol. The van der Waals surface area contributed by atoms with Gasteiger partial charge in [-0.2, -0.15) is 0 Å². The van der Waals surface area contributed by atoms with Crippen molar-refractivity contribution < 1.29 is 14.6 Å². The van der Waals surface area contributed by atoms with Gasteiger partial charge in [0.2, 0.25) is 0 Å². The molecule has 2 atom stereocenters. The Hall–Kier alpha value is -2.54. The number of carboxylic acids is 1. The third-order valence-corrected chi connectivity index (χ3v) is 7.34. The number of carboxylic acid groups (broad SMARTS) is 1. The maximum atomic E-state index is 10.8. The molecule has 0 saturated carbocycles. The molecule has 0 amide bonds. The summed E-state index contributed by atoms with van der Waals surface area (Å²) < 4.78 is 8.05. The van der Waals surface area contributed by atoms with Crippen molar-refractivity contribution in [2.45, 2.75) is 52.4 Å². The molecule has 4 rings (SSSR count). The van der Waals surface area contributed by atoms with Crippen LogP contribution in [0.2, 0.25) is 20.1 Å². The van der Waals surface area contributed by atoms with E-state index in [1.165, 1.54) is 5.56 Å². The molecule has 40 heavy (non-hydrogen) atoms. The first-order valence-electron chi connectivity index (χ1n) is 12.8. The van der Waals surface area contributed by atoms with Crippen LogP contribution < -0.4 is 0 Å². The molecule has 5 nitrogen and oxygen atoms in total. The van der Waals surface area contributed by atoms with Gasteiger partial charge in [0.05, 0.1) is 25.4 Å². The van der Waals surface area contributed by atoms with E-state index in [2.05, 4.69) is 18.8 Å². The number of ether oxygens (including phenoxy) is 1. The van der Waals surface area contributed by atoms with E-state index in [4.69, 9.17) is 56.2 Å². The highest BCUT2D eigenvalue weighted by molar-refractivity contribution is 6.35. The van der Waals surface area contributed by atoms with E-state index in [0.29, 0.717) is 39.2 Å². The van der Waals surface area contributed by atoms with E-state index < -0.39 is 11.9 Å². The molecule has 0 spiro atoms. The zero-order chi connectivity index (χ0) is 29.2. The molecule has 1 N–H and O–H groups in total. The lowest BCUT2D eigenvalue weighted by atomic mass is 9.97. The fourth-order valence-corrected chi connectivity index (χ4v) is 4.97. The highest BCUT2D eigenvalue weighted by atomic mass is 35.5. The first kappa shape index (κ1) is 32.0. The van der Waals surface area contributed by atoms with Crippen LogP contribution in [0.4, 0.5) is 0 Å². The minimum Gasteiger partial charge on any atom is -0.481 e. The van der Waals surface area contributed by atoms with Crippen molar-refractivity contribution in [1.82, 2.24) is 9.55 Å². The summed E-state index contributed by atoms with van der Waals surface area (Å²) in [6.07, 6.45) is 6.08. The fourth-order valence-electron chi connectivity index (χ4n) is 3.98. The summed E-state index contributed by atoms with van der Waals surface area (Å²) in [6.45, 7) is 6.95. The van der Waals surface area contributed by atoms with Crippen molar-refractivity contribution in [3.05, 3.63) is 122 Å². The first-order chi connectivity index (χ1) is 19.0. The van der Waals surface area contributed by atoms with Gasteiger partial charge in [-0.15, -0.1) is 0 Å². The van der Waals surface area contributed by atoms with Gasteiger partial charge in [-0.1, -0.05) is 96.6 Å². The van der Waals surface area contributed by atoms with Gasteiger partial charge in [0.1, 0.15) is 6.10 Å². The summed E-state index contributed by atoms with van der Waals surface area (Å²) in [4.78, 5) is 14.8. The Kier molecular flexibility index (Phi) is 12.4. The van der Waals surface area contributed by atoms with Gasteiger partial charge in [0.25, 0.3) is 0 Å². The summed E-state index contributed by atoms with van der Waals surface area (Å²) in [5, 5.41) is 11.1. The predicted molar refractivity (Wildman–Crippen MR) is 164 cm³/mol. The molecular weight excluding hydrogens is 590 g/mol. The van der Waals surface area contributed by atoms with Gasteiger partial charge >= 0.3 is 5.97 Å². The standard InChI is InChI=1S/C18H14Cl4N2O.C13H18O2/c19-13-2-1-12(16(21)7-13)10-25-18(9-24-6-5-23-11-24)15-4-3-14(20)8-17(15)22;1-9(2)8-11-4-6-12(7-5-11)10(3)13(14)15/h1-8,11,18H,9-10H2;4-7,9-10H,8H2,1-3H3,(H,14,15). The number of benzene rings is 3. The Bertz CT molecular complexity index is 1380. The molecule has 0 fully saturated rings. The number of hydrogen-bond acceptors (Lipinski definition) is 3. The highest BCUT2D eigenvalue weighted by Gasteiger charge is 2.18. The number of hydrogen-bond donors (Lipinski definition) is 1. The lowest BCUT2D eigenvalue weighted by Gasteiger charge is -2.21. The van der Waals surface area contributed by atoms with Gasteiger partial charge < -0.3 is 14.4 Å². The topological polar surface area (TPSA) is 64.3 Å². The van der Waals surface area contributed by atoms with Crippen LogP contribution in [-0.2, 0) is 29.1 Å². The van der Waals surface area contributed by atoms with E-state index in [9.17, 15) is 4.79 Å². The Morgan fingerprint density at radius 2 is 1.57 bits per heavy atom. The molecular formula is C31H32Cl4N2O3. The molecule has 9 heteroatoms. The van der Waals surface area contributed by atoms with Crippen molar-refractivity contribution in [2.75, 3.05) is 0 Å². The smallest absolute Gasteiger partial charge is 0.310 e. The Labute approximate surface area is 255 Å². The maximum Gasteiger partial charge on any atom is 0.310 e. The van der Waals surface area contributed by atoms with Gasteiger partial charge in [0, 0.05) is 38.0 Å². The minimum absolute atomic E-state index is 0.286. The molecule has 212 valence electrons. The van der Waals surface area contributed by atoms with E-state index in [1.807, 2.05) is 47.2 Å². The average molecular weight is 622 g/mol. The van der Waals surface area contributed by atoms with Crippen LogP contribution >= 0.6 is 46.4 Å². The molecule has 1 heterocycles. The molecule has 2 unspecified atom stereocenters. The summed E-state index contributed by atoms with van der Waals surface area (Å²) in [6, 6.07) is 18.6. The number of imidazole rings is 1. The average Bonchev–Trinajstić information content (AvgIpc) is 3.41. The largest absolute Gasteiger partial charge is 0.481 e. The number of carbonyl (C=O) groups is 1.